The molecule has 0 bridgehead atoms. The highest BCUT2D eigenvalue weighted by Gasteiger charge is 2.36. The highest BCUT2D eigenvalue weighted by Crippen LogP contribution is 2.17. The number of carbonyl (C=O) groups is 2. The largest absolute Gasteiger partial charge is 0.387 e. The maximum atomic E-state index is 12.4. The second kappa shape index (κ2) is 13.7. The molecule has 2 amide bonds. The smallest absolute Gasteiger partial charge is 0.252 e. The van der Waals surface area contributed by atoms with Crippen molar-refractivity contribution in [3.8, 4) is 0 Å². The van der Waals surface area contributed by atoms with Crippen LogP contribution in [0.2, 0.25) is 0 Å². The van der Waals surface area contributed by atoms with Crippen molar-refractivity contribution in [3.63, 3.8) is 0 Å². The standard InChI is InChI=1S/C21H40N2O7/c1-13(2)12-30-11-10-22-19(27)14(3)23-20(28)18(29-7)17(26)16(25)15(24)8-9-21(4,5)6/h8-9,13-18,24-26H,10-12H2,1-7H3,(H,22,27)(H,23,28)/t14-,15+,16-,17+,18+/m0/s1. The number of amides is 2. The highest BCUT2D eigenvalue weighted by molar-refractivity contribution is 5.89. The van der Waals surface area contributed by atoms with E-state index in [1.54, 1.807) is 6.08 Å². The summed E-state index contributed by atoms with van der Waals surface area (Å²) in [6.45, 7) is 12.5. The van der Waals surface area contributed by atoms with Crippen molar-refractivity contribution in [3.05, 3.63) is 12.2 Å². The fourth-order valence-corrected chi connectivity index (χ4v) is 2.36. The number of allylic oxidation sites excluding steroid dienone is 1. The molecule has 0 unspecified atom stereocenters. The molecule has 0 saturated carbocycles. The van der Waals surface area contributed by atoms with Crippen LogP contribution in [0.15, 0.2) is 12.2 Å². The summed E-state index contributed by atoms with van der Waals surface area (Å²) in [6, 6.07) is -0.893. The molecule has 0 rings (SSSR count). The first kappa shape index (κ1) is 28.5. The lowest BCUT2D eigenvalue weighted by Gasteiger charge is -2.28. The maximum Gasteiger partial charge on any atom is 0.252 e. The third-order valence-electron chi connectivity index (χ3n) is 4.06. The lowest BCUT2D eigenvalue weighted by Crippen LogP contribution is -2.55. The second-order valence-electron chi connectivity index (χ2n) is 8.84. The number of ether oxygens (including phenoxy) is 2. The molecular formula is C21H40N2O7. The number of rotatable bonds is 13. The maximum absolute atomic E-state index is 12.4. The molecule has 0 aromatic carbocycles. The molecule has 0 radical (unpaired) electrons. The zero-order valence-corrected chi connectivity index (χ0v) is 19.2. The average molecular weight is 433 g/mol. The van der Waals surface area contributed by atoms with E-state index in [0.717, 1.165) is 0 Å². The van der Waals surface area contributed by atoms with Crippen molar-refractivity contribution in [2.24, 2.45) is 11.3 Å². The number of hydrogen-bond donors (Lipinski definition) is 5. The lowest BCUT2D eigenvalue weighted by molar-refractivity contribution is -0.150. The van der Waals surface area contributed by atoms with Gasteiger partial charge in [0.05, 0.1) is 6.61 Å². The van der Waals surface area contributed by atoms with Crippen molar-refractivity contribution in [2.45, 2.75) is 72.0 Å². The highest BCUT2D eigenvalue weighted by atomic mass is 16.5. The molecule has 0 spiro atoms. The quantitative estimate of drug-likeness (QED) is 0.204. The molecule has 0 aliphatic carbocycles. The number of aliphatic hydroxyl groups excluding tert-OH is 3. The Morgan fingerprint density at radius 3 is 2.13 bits per heavy atom. The van der Waals surface area contributed by atoms with Crippen molar-refractivity contribution >= 4 is 11.8 Å². The molecule has 5 atom stereocenters. The van der Waals surface area contributed by atoms with E-state index in [0.29, 0.717) is 25.7 Å². The fraction of sp³-hybridized carbons (Fsp3) is 0.810. The SMILES string of the molecule is CO[C@@H](C(=O)N[C@@H](C)C(=O)NCCOCC(C)C)[C@H](O)[C@@H](O)[C@H](O)C=CC(C)(C)C. The van der Waals surface area contributed by atoms with E-state index >= 15 is 0 Å². The molecule has 0 fully saturated rings. The van der Waals surface area contributed by atoms with E-state index in [4.69, 9.17) is 9.47 Å². The summed E-state index contributed by atoms with van der Waals surface area (Å²) in [5, 5.41) is 35.6. The van der Waals surface area contributed by atoms with E-state index in [-0.39, 0.29) is 5.41 Å². The van der Waals surface area contributed by atoms with Crippen LogP contribution in [-0.4, -0.2) is 84.5 Å². The van der Waals surface area contributed by atoms with E-state index in [9.17, 15) is 24.9 Å². The number of nitrogens with one attached hydrogen (secondary N) is 2. The van der Waals surface area contributed by atoms with Gasteiger partial charge in [-0.2, -0.15) is 0 Å². The average Bonchev–Trinajstić information content (AvgIpc) is 2.64. The Balaban J connectivity index is 4.69. The molecule has 0 aliphatic heterocycles. The minimum Gasteiger partial charge on any atom is -0.387 e. The molecular weight excluding hydrogens is 392 g/mol. The zero-order valence-electron chi connectivity index (χ0n) is 19.2. The minimum absolute atomic E-state index is 0.230. The Labute approximate surface area is 179 Å². The minimum atomic E-state index is -1.70. The molecule has 9 heteroatoms. The van der Waals surface area contributed by atoms with Gasteiger partial charge in [0, 0.05) is 20.3 Å². The molecule has 0 aromatic heterocycles. The van der Waals surface area contributed by atoms with Gasteiger partial charge >= 0.3 is 0 Å². The summed E-state index contributed by atoms with van der Waals surface area (Å²) in [4.78, 5) is 24.5. The van der Waals surface area contributed by atoms with Gasteiger partial charge < -0.3 is 35.4 Å². The predicted octanol–water partition coefficient (Wildman–Crippen LogP) is -0.0201. The van der Waals surface area contributed by atoms with Crippen molar-refractivity contribution in [1.29, 1.82) is 0 Å². The normalized spacial score (nSPS) is 17.4. The van der Waals surface area contributed by atoms with E-state index in [2.05, 4.69) is 10.6 Å². The van der Waals surface area contributed by atoms with Gasteiger partial charge in [0.15, 0.2) is 6.10 Å². The Morgan fingerprint density at radius 2 is 1.63 bits per heavy atom. The third-order valence-corrected chi connectivity index (χ3v) is 4.06. The van der Waals surface area contributed by atoms with Gasteiger partial charge in [-0.15, -0.1) is 0 Å². The van der Waals surface area contributed by atoms with Crippen LogP contribution in [0.4, 0.5) is 0 Å². The molecule has 5 N–H and O–H groups in total. The second-order valence-corrected chi connectivity index (χ2v) is 8.84. The number of carbonyl (C=O) groups excluding carboxylic acids is 2. The van der Waals surface area contributed by atoms with E-state index in [1.165, 1.54) is 20.1 Å². The van der Waals surface area contributed by atoms with Crippen LogP contribution < -0.4 is 10.6 Å². The predicted molar refractivity (Wildman–Crippen MR) is 114 cm³/mol. The number of methoxy groups -OCH3 is 1. The monoisotopic (exact) mass is 432 g/mol. The summed E-state index contributed by atoms with van der Waals surface area (Å²) >= 11 is 0. The van der Waals surface area contributed by atoms with Gasteiger partial charge in [-0.25, -0.2) is 0 Å². The van der Waals surface area contributed by atoms with Crippen molar-refractivity contribution < 1.29 is 34.4 Å². The summed E-state index contributed by atoms with van der Waals surface area (Å²) < 4.78 is 10.4. The summed E-state index contributed by atoms with van der Waals surface area (Å²) in [6.07, 6.45) is -3.17. The van der Waals surface area contributed by atoms with Crippen molar-refractivity contribution in [2.75, 3.05) is 26.9 Å². The van der Waals surface area contributed by atoms with E-state index in [1.807, 2.05) is 34.6 Å². The van der Waals surface area contributed by atoms with Crippen LogP contribution in [-0.2, 0) is 19.1 Å². The summed E-state index contributed by atoms with van der Waals surface area (Å²) in [7, 11) is 1.19. The van der Waals surface area contributed by atoms with Gasteiger partial charge in [-0.3, -0.25) is 9.59 Å². The number of aliphatic hydroxyl groups is 3. The lowest BCUT2D eigenvalue weighted by atomic mass is 9.94. The zero-order chi connectivity index (χ0) is 23.5. The van der Waals surface area contributed by atoms with Gasteiger partial charge in [0.25, 0.3) is 5.91 Å². The Kier molecular flexibility index (Phi) is 13.0. The fourth-order valence-electron chi connectivity index (χ4n) is 2.36. The van der Waals surface area contributed by atoms with Gasteiger partial charge in [0.1, 0.15) is 24.4 Å². The Hall–Kier alpha value is -1.52. The molecule has 0 aliphatic rings. The molecule has 176 valence electrons. The topological polar surface area (TPSA) is 137 Å². The number of hydrogen-bond acceptors (Lipinski definition) is 7. The molecule has 30 heavy (non-hydrogen) atoms. The summed E-state index contributed by atoms with van der Waals surface area (Å²) in [5.74, 6) is -0.807. The van der Waals surface area contributed by atoms with E-state index < -0.39 is 42.3 Å². The van der Waals surface area contributed by atoms with Crippen molar-refractivity contribution in [1.82, 2.24) is 10.6 Å². The third kappa shape index (κ3) is 11.6. The van der Waals surface area contributed by atoms with Crippen LogP contribution in [0.3, 0.4) is 0 Å². The van der Waals surface area contributed by atoms with Crippen LogP contribution in [0.1, 0.15) is 41.5 Å². The first-order chi connectivity index (χ1) is 13.8. The summed E-state index contributed by atoms with van der Waals surface area (Å²) in [5.41, 5.74) is -0.230. The molecule has 0 heterocycles. The van der Waals surface area contributed by atoms with Gasteiger partial charge in [-0.05, 0) is 18.3 Å². The van der Waals surface area contributed by atoms with Gasteiger partial charge in [0.2, 0.25) is 5.91 Å². The molecule has 0 saturated heterocycles. The first-order valence-corrected chi connectivity index (χ1v) is 10.2. The van der Waals surface area contributed by atoms with Crippen LogP contribution in [0.5, 0.6) is 0 Å². The molecule has 9 nitrogen and oxygen atoms in total. The Bertz CT molecular complexity index is 546. The van der Waals surface area contributed by atoms with Crippen LogP contribution in [0.25, 0.3) is 0 Å². The van der Waals surface area contributed by atoms with Crippen LogP contribution in [0, 0.1) is 11.3 Å². The Morgan fingerprint density at radius 1 is 1.03 bits per heavy atom. The van der Waals surface area contributed by atoms with Crippen LogP contribution >= 0.6 is 0 Å². The first-order valence-electron chi connectivity index (χ1n) is 10.2. The van der Waals surface area contributed by atoms with Gasteiger partial charge in [-0.1, -0.05) is 46.8 Å². The molecule has 0 aromatic rings.